The molecule has 9 heteroatoms. The van der Waals surface area contributed by atoms with Gasteiger partial charge in [-0.1, -0.05) is 11.3 Å². The highest BCUT2D eigenvalue weighted by molar-refractivity contribution is 5.90. The number of halogens is 1. The fraction of sp³-hybridized carbons (Fsp3) is 0.0769. The molecule has 0 spiro atoms. The Labute approximate surface area is 122 Å². The fourth-order valence-corrected chi connectivity index (χ4v) is 1.83. The maximum atomic E-state index is 13.5. The van der Waals surface area contributed by atoms with Gasteiger partial charge in [-0.3, -0.25) is 10.0 Å². The standard InChI is InChI=1S/C13H10FN5O3/c14-9-2-1-3-10-13(9)22-12(15-10)7-19-6-8(16-18-19)4-5-11(20)17-21/h1-6,21H,7H2,(H,17,20). The van der Waals surface area contributed by atoms with Crippen molar-refractivity contribution in [3.63, 3.8) is 0 Å². The smallest absolute Gasteiger partial charge is 0.267 e. The first-order chi connectivity index (χ1) is 10.7. The fourth-order valence-electron chi connectivity index (χ4n) is 1.83. The molecule has 0 bridgehead atoms. The third-order valence-corrected chi connectivity index (χ3v) is 2.78. The number of amides is 1. The first kappa shape index (κ1) is 13.9. The number of rotatable bonds is 4. The van der Waals surface area contributed by atoms with E-state index in [9.17, 15) is 9.18 Å². The number of hydrogen-bond donors (Lipinski definition) is 2. The summed E-state index contributed by atoms with van der Waals surface area (Å²) in [5, 5.41) is 16.0. The van der Waals surface area contributed by atoms with Crippen LogP contribution < -0.4 is 5.48 Å². The van der Waals surface area contributed by atoms with Crippen molar-refractivity contribution in [3.8, 4) is 0 Å². The van der Waals surface area contributed by atoms with Gasteiger partial charge in [0.05, 0.1) is 6.20 Å². The van der Waals surface area contributed by atoms with Crippen molar-refractivity contribution in [1.29, 1.82) is 0 Å². The van der Waals surface area contributed by atoms with Crippen LogP contribution in [0.4, 0.5) is 4.39 Å². The number of carbonyl (C=O) groups excluding carboxylic acids is 1. The van der Waals surface area contributed by atoms with Crippen molar-refractivity contribution < 1.29 is 18.8 Å². The predicted molar refractivity (Wildman–Crippen MR) is 72.1 cm³/mol. The molecule has 0 saturated carbocycles. The Morgan fingerprint density at radius 3 is 3.14 bits per heavy atom. The molecular formula is C13H10FN5O3. The van der Waals surface area contributed by atoms with E-state index in [0.29, 0.717) is 11.2 Å². The normalized spacial score (nSPS) is 11.4. The van der Waals surface area contributed by atoms with E-state index in [1.807, 2.05) is 0 Å². The minimum Gasteiger partial charge on any atom is -0.436 e. The largest absolute Gasteiger partial charge is 0.436 e. The van der Waals surface area contributed by atoms with Crippen molar-refractivity contribution in [2.75, 3.05) is 0 Å². The molecule has 2 heterocycles. The van der Waals surface area contributed by atoms with E-state index >= 15 is 0 Å². The van der Waals surface area contributed by atoms with Crippen LogP contribution in [0.25, 0.3) is 17.2 Å². The van der Waals surface area contributed by atoms with Crippen LogP contribution in [0.5, 0.6) is 0 Å². The number of fused-ring (bicyclic) bond motifs is 1. The highest BCUT2D eigenvalue weighted by atomic mass is 19.1. The number of nitrogens with zero attached hydrogens (tertiary/aromatic N) is 4. The Morgan fingerprint density at radius 2 is 2.36 bits per heavy atom. The van der Waals surface area contributed by atoms with E-state index in [1.54, 1.807) is 18.3 Å². The summed E-state index contributed by atoms with van der Waals surface area (Å²) >= 11 is 0. The van der Waals surface area contributed by atoms with Gasteiger partial charge in [0.2, 0.25) is 5.89 Å². The van der Waals surface area contributed by atoms with Crippen molar-refractivity contribution in [3.05, 3.63) is 47.9 Å². The number of aromatic nitrogens is 4. The average Bonchev–Trinajstić information content (AvgIpc) is 3.12. The Kier molecular flexibility index (Phi) is 3.62. The third kappa shape index (κ3) is 2.83. The number of oxazole rings is 1. The number of nitrogens with one attached hydrogen (secondary N) is 1. The van der Waals surface area contributed by atoms with E-state index in [4.69, 9.17) is 9.62 Å². The summed E-state index contributed by atoms with van der Waals surface area (Å²) in [6.45, 7) is 0.168. The second-order valence-electron chi connectivity index (χ2n) is 4.35. The molecule has 0 unspecified atom stereocenters. The van der Waals surface area contributed by atoms with Gasteiger partial charge in [0.1, 0.15) is 17.8 Å². The molecule has 1 amide bonds. The summed E-state index contributed by atoms with van der Waals surface area (Å²) < 4.78 is 20.3. The van der Waals surface area contributed by atoms with Crippen LogP contribution in [0.3, 0.4) is 0 Å². The highest BCUT2D eigenvalue weighted by Crippen LogP contribution is 2.19. The van der Waals surface area contributed by atoms with Crippen LogP contribution in [-0.2, 0) is 11.3 Å². The Morgan fingerprint density at radius 1 is 1.50 bits per heavy atom. The minimum absolute atomic E-state index is 0.0948. The zero-order valence-corrected chi connectivity index (χ0v) is 11.1. The zero-order chi connectivity index (χ0) is 15.5. The van der Waals surface area contributed by atoms with Gasteiger partial charge in [-0.15, -0.1) is 5.10 Å². The maximum absolute atomic E-state index is 13.5. The molecule has 3 rings (SSSR count). The number of hydrogen-bond acceptors (Lipinski definition) is 6. The van der Waals surface area contributed by atoms with Crippen molar-refractivity contribution in [2.24, 2.45) is 0 Å². The first-order valence-electron chi connectivity index (χ1n) is 6.22. The number of benzene rings is 1. The summed E-state index contributed by atoms with van der Waals surface area (Å²) in [7, 11) is 0. The second-order valence-corrected chi connectivity index (χ2v) is 4.35. The van der Waals surface area contributed by atoms with E-state index in [-0.39, 0.29) is 18.0 Å². The van der Waals surface area contributed by atoms with Crippen molar-refractivity contribution >= 4 is 23.1 Å². The summed E-state index contributed by atoms with van der Waals surface area (Å²) in [4.78, 5) is 15.0. The molecule has 0 atom stereocenters. The van der Waals surface area contributed by atoms with E-state index in [2.05, 4.69) is 15.3 Å². The second kappa shape index (κ2) is 5.74. The van der Waals surface area contributed by atoms with Crippen molar-refractivity contribution in [2.45, 2.75) is 6.54 Å². The average molecular weight is 303 g/mol. The van der Waals surface area contributed by atoms with Gasteiger partial charge in [0, 0.05) is 6.08 Å². The lowest BCUT2D eigenvalue weighted by Crippen LogP contribution is -2.14. The van der Waals surface area contributed by atoms with Gasteiger partial charge < -0.3 is 4.42 Å². The lowest BCUT2D eigenvalue weighted by atomic mass is 10.3. The van der Waals surface area contributed by atoms with Crippen LogP contribution >= 0.6 is 0 Å². The number of carbonyl (C=O) groups is 1. The van der Waals surface area contributed by atoms with E-state index < -0.39 is 11.7 Å². The lowest BCUT2D eigenvalue weighted by molar-refractivity contribution is -0.124. The van der Waals surface area contributed by atoms with Gasteiger partial charge in [-0.2, -0.15) is 0 Å². The molecule has 3 aromatic rings. The van der Waals surface area contributed by atoms with Gasteiger partial charge in [-0.25, -0.2) is 19.5 Å². The number of hydroxylamine groups is 1. The molecule has 0 radical (unpaired) electrons. The molecule has 0 aliphatic rings. The Balaban J connectivity index is 1.78. The Hall–Kier alpha value is -3.07. The molecule has 2 N–H and O–H groups in total. The van der Waals surface area contributed by atoms with Crippen LogP contribution in [0.15, 0.2) is 34.9 Å². The summed E-state index contributed by atoms with van der Waals surface area (Å²) in [5.74, 6) is -0.869. The minimum atomic E-state index is -0.677. The maximum Gasteiger partial charge on any atom is 0.267 e. The Bertz CT molecular complexity index is 854. The monoisotopic (exact) mass is 303 g/mol. The summed E-state index contributed by atoms with van der Waals surface area (Å²) in [6.07, 6.45) is 4.02. The molecule has 0 fully saturated rings. The van der Waals surface area contributed by atoms with Crippen LogP contribution in [0.1, 0.15) is 11.6 Å². The molecule has 0 aliphatic heterocycles. The molecule has 0 saturated heterocycles. The zero-order valence-electron chi connectivity index (χ0n) is 11.1. The number of para-hydroxylation sites is 1. The molecular weight excluding hydrogens is 293 g/mol. The lowest BCUT2D eigenvalue weighted by Gasteiger charge is -1.93. The van der Waals surface area contributed by atoms with Crippen LogP contribution in [0.2, 0.25) is 0 Å². The van der Waals surface area contributed by atoms with E-state index in [1.165, 1.54) is 22.3 Å². The first-order valence-corrected chi connectivity index (χ1v) is 6.22. The van der Waals surface area contributed by atoms with Gasteiger partial charge >= 0.3 is 0 Å². The van der Waals surface area contributed by atoms with Crippen molar-refractivity contribution in [1.82, 2.24) is 25.5 Å². The molecule has 0 aliphatic carbocycles. The van der Waals surface area contributed by atoms with Gasteiger partial charge in [0.15, 0.2) is 11.4 Å². The van der Waals surface area contributed by atoms with Gasteiger partial charge in [0.25, 0.3) is 5.91 Å². The molecule has 1 aromatic carbocycles. The summed E-state index contributed by atoms with van der Waals surface area (Å²) in [6, 6.07) is 4.49. The molecule has 112 valence electrons. The highest BCUT2D eigenvalue weighted by Gasteiger charge is 2.10. The quantitative estimate of drug-likeness (QED) is 0.425. The van der Waals surface area contributed by atoms with Gasteiger partial charge in [-0.05, 0) is 18.2 Å². The SMILES string of the molecule is O=C(C=Cc1cn(Cc2nc3cccc(F)c3o2)nn1)NO. The van der Waals surface area contributed by atoms with Crippen LogP contribution in [0, 0.1) is 5.82 Å². The molecule has 22 heavy (non-hydrogen) atoms. The molecule has 8 nitrogen and oxygen atoms in total. The topological polar surface area (TPSA) is 106 Å². The molecule has 2 aromatic heterocycles. The van der Waals surface area contributed by atoms with Crippen LogP contribution in [-0.4, -0.2) is 31.1 Å². The predicted octanol–water partition coefficient (Wildman–Crippen LogP) is 1.13. The van der Waals surface area contributed by atoms with E-state index in [0.717, 1.165) is 6.08 Å². The third-order valence-electron chi connectivity index (χ3n) is 2.78. The summed E-state index contributed by atoms with van der Waals surface area (Å²) in [5.41, 5.74) is 2.39.